The molecule has 0 aliphatic rings. The van der Waals surface area contributed by atoms with Crippen LogP contribution in [0.1, 0.15) is 51.9 Å². The largest absolute Gasteiger partial charge is 0.396 e. The van der Waals surface area contributed by atoms with E-state index in [0.29, 0.717) is 6.42 Å². The molecular formula is C13H27NO3. The molecule has 4 nitrogen and oxygen atoms in total. The SMILES string of the molecule is CCCCCNCC(=O)C(O)CCCCCO. The average molecular weight is 245 g/mol. The van der Waals surface area contributed by atoms with Crippen LogP contribution in [-0.2, 0) is 4.79 Å². The van der Waals surface area contributed by atoms with Gasteiger partial charge >= 0.3 is 0 Å². The molecule has 1 atom stereocenters. The second kappa shape index (κ2) is 12.0. The van der Waals surface area contributed by atoms with Gasteiger partial charge in [0.25, 0.3) is 0 Å². The molecule has 0 saturated carbocycles. The minimum atomic E-state index is -0.840. The average Bonchev–Trinajstić information content (AvgIpc) is 2.34. The van der Waals surface area contributed by atoms with Crippen LogP contribution in [0.4, 0.5) is 0 Å². The van der Waals surface area contributed by atoms with Gasteiger partial charge in [0.2, 0.25) is 0 Å². The minimum absolute atomic E-state index is 0.120. The van der Waals surface area contributed by atoms with E-state index in [1.807, 2.05) is 0 Å². The smallest absolute Gasteiger partial charge is 0.174 e. The summed E-state index contributed by atoms with van der Waals surface area (Å²) in [4.78, 5) is 11.5. The van der Waals surface area contributed by atoms with Crippen molar-refractivity contribution in [3.63, 3.8) is 0 Å². The minimum Gasteiger partial charge on any atom is -0.396 e. The molecule has 0 amide bonds. The third-order valence-electron chi connectivity index (χ3n) is 2.76. The van der Waals surface area contributed by atoms with Gasteiger partial charge in [-0.15, -0.1) is 0 Å². The van der Waals surface area contributed by atoms with Crippen molar-refractivity contribution >= 4 is 5.78 Å². The van der Waals surface area contributed by atoms with Crippen LogP contribution in [0.25, 0.3) is 0 Å². The Balaban J connectivity index is 3.40. The molecule has 102 valence electrons. The maximum Gasteiger partial charge on any atom is 0.174 e. The summed E-state index contributed by atoms with van der Waals surface area (Å²) in [7, 11) is 0. The van der Waals surface area contributed by atoms with E-state index in [2.05, 4.69) is 12.2 Å². The molecule has 0 aliphatic carbocycles. The fourth-order valence-corrected chi connectivity index (χ4v) is 1.62. The van der Waals surface area contributed by atoms with Crippen molar-refractivity contribution < 1.29 is 15.0 Å². The first-order valence-electron chi connectivity index (χ1n) is 6.74. The summed E-state index contributed by atoms with van der Waals surface area (Å²) >= 11 is 0. The van der Waals surface area contributed by atoms with Gasteiger partial charge in [0.05, 0.1) is 6.54 Å². The Labute approximate surface area is 104 Å². The van der Waals surface area contributed by atoms with E-state index in [1.54, 1.807) is 0 Å². The first-order valence-corrected chi connectivity index (χ1v) is 6.74. The van der Waals surface area contributed by atoms with Gasteiger partial charge in [0.1, 0.15) is 6.10 Å². The van der Waals surface area contributed by atoms with Crippen molar-refractivity contribution in [2.24, 2.45) is 0 Å². The summed E-state index contributed by atoms with van der Waals surface area (Å²) in [5.41, 5.74) is 0. The number of rotatable bonds is 12. The van der Waals surface area contributed by atoms with E-state index in [1.165, 1.54) is 12.8 Å². The summed E-state index contributed by atoms with van der Waals surface area (Å²) in [6.07, 6.45) is 5.50. The molecule has 0 aromatic carbocycles. The molecule has 0 radical (unpaired) electrons. The summed E-state index contributed by atoms with van der Waals surface area (Å²) in [5.74, 6) is -0.120. The second-order valence-corrected chi connectivity index (χ2v) is 4.44. The molecule has 4 heteroatoms. The van der Waals surface area contributed by atoms with Gasteiger partial charge in [0, 0.05) is 6.61 Å². The summed E-state index contributed by atoms with van der Waals surface area (Å²) in [6, 6.07) is 0. The molecule has 3 N–H and O–H groups in total. The number of ketones is 1. The van der Waals surface area contributed by atoms with Crippen LogP contribution in [0.3, 0.4) is 0 Å². The predicted octanol–water partition coefficient (Wildman–Crippen LogP) is 1.25. The zero-order chi connectivity index (χ0) is 12.9. The zero-order valence-electron chi connectivity index (χ0n) is 11.0. The fraction of sp³-hybridized carbons (Fsp3) is 0.923. The molecule has 0 aliphatic heterocycles. The van der Waals surface area contributed by atoms with E-state index in [9.17, 15) is 9.90 Å². The monoisotopic (exact) mass is 245 g/mol. The molecule has 1 unspecified atom stereocenters. The Morgan fingerprint density at radius 3 is 2.59 bits per heavy atom. The van der Waals surface area contributed by atoms with Crippen LogP contribution >= 0.6 is 0 Å². The van der Waals surface area contributed by atoms with Crippen LogP contribution in [-0.4, -0.2) is 41.8 Å². The van der Waals surface area contributed by atoms with E-state index in [0.717, 1.165) is 32.2 Å². The van der Waals surface area contributed by atoms with Crippen molar-refractivity contribution in [1.82, 2.24) is 5.32 Å². The second-order valence-electron chi connectivity index (χ2n) is 4.44. The predicted molar refractivity (Wildman–Crippen MR) is 69.0 cm³/mol. The highest BCUT2D eigenvalue weighted by Crippen LogP contribution is 2.04. The third-order valence-corrected chi connectivity index (χ3v) is 2.76. The summed E-state index contributed by atoms with van der Waals surface area (Å²) in [6.45, 7) is 3.44. The van der Waals surface area contributed by atoms with E-state index < -0.39 is 6.10 Å². The van der Waals surface area contributed by atoms with Crippen molar-refractivity contribution in [3.05, 3.63) is 0 Å². The van der Waals surface area contributed by atoms with Gasteiger partial charge < -0.3 is 15.5 Å². The molecule has 0 rings (SSSR count). The lowest BCUT2D eigenvalue weighted by molar-refractivity contribution is -0.126. The molecule has 0 heterocycles. The maximum atomic E-state index is 11.5. The molecule has 0 aromatic heterocycles. The molecule has 0 aromatic rings. The van der Waals surface area contributed by atoms with Gasteiger partial charge in [-0.1, -0.05) is 32.6 Å². The quantitative estimate of drug-likeness (QED) is 0.453. The molecule has 0 saturated heterocycles. The van der Waals surface area contributed by atoms with Crippen LogP contribution in [0.5, 0.6) is 0 Å². The number of nitrogens with one attached hydrogen (secondary N) is 1. The number of unbranched alkanes of at least 4 members (excludes halogenated alkanes) is 4. The van der Waals surface area contributed by atoms with Crippen LogP contribution in [0.15, 0.2) is 0 Å². The lowest BCUT2D eigenvalue weighted by atomic mass is 10.1. The van der Waals surface area contributed by atoms with E-state index >= 15 is 0 Å². The number of aliphatic hydroxyl groups excluding tert-OH is 2. The highest BCUT2D eigenvalue weighted by molar-refractivity contribution is 5.84. The lowest BCUT2D eigenvalue weighted by Gasteiger charge is -2.10. The molecule has 0 spiro atoms. The fourth-order valence-electron chi connectivity index (χ4n) is 1.62. The first-order chi connectivity index (χ1) is 8.22. The Morgan fingerprint density at radius 1 is 1.18 bits per heavy atom. The number of carbonyl (C=O) groups excluding carboxylic acids is 1. The molecule has 17 heavy (non-hydrogen) atoms. The molecular weight excluding hydrogens is 218 g/mol. The highest BCUT2D eigenvalue weighted by atomic mass is 16.3. The highest BCUT2D eigenvalue weighted by Gasteiger charge is 2.13. The maximum absolute atomic E-state index is 11.5. The van der Waals surface area contributed by atoms with Crippen molar-refractivity contribution in [3.8, 4) is 0 Å². The van der Waals surface area contributed by atoms with Gasteiger partial charge in [0.15, 0.2) is 5.78 Å². The van der Waals surface area contributed by atoms with Gasteiger partial charge in [-0.25, -0.2) is 0 Å². The van der Waals surface area contributed by atoms with Crippen LogP contribution in [0, 0.1) is 0 Å². The Kier molecular flexibility index (Phi) is 11.7. The lowest BCUT2D eigenvalue weighted by Crippen LogP contribution is -2.32. The van der Waals surface area contributed by atoms with Crippen molar-refractivity contribution in [2.75, 3.05) is 19.7 Å². The van der Waals surface area contributed by atoms with E-state index in [4.69, 9.17) is 5.11 Å². The molecule has 0 bridgehead atoms. The van der Waals surface area contributed by atoms with E-state index in [-0.39, 0.29) is 18.9 Å². The molecule has 0 fully saturated rings. The number of hydrogen-bond donors (Lipinski definition) is 3. The first kappa shape index (κ1) is 16.6. The zero-order valence-corrected chi connectivity index (χ0v) is 11.0. The topological polar surface area (TPSA) is 69.6 Å². The summed E-state index contributed by atoms with van der Waals surface area (Å²) in [5, 5.41) is 21.2. The number of aliphatic hydroxyl groups is 2. The Bertz CT molecular complexity index is 186. The van der Waals surface area contributed by atoms with Gasteiger partial charge in [-0.3, -0.25) is 4.79 Å². The van der Waals surface area contributed by atoms with Crippen molar-refractivity contribution in [2.45, 2.75) is 58.0 Å². The summed E-state index contributed by atoms with van der Waals surface area (Å²) < 4.78 is 0. The van der Waals surface area contributed by atoms with Crippen LogP contribution < -0.4 is 5.32 Å². The van der Waals surface area contributed by atoms with Gasteiger partial charge in [-0.05, 0) is 25.8 Å². The third kappa shape index (κ3) is 10.4. The van der Waals surface area contributed by atoms with Crippen molar-refractivity contribution in [1.29, 1.82) is 0 Å². The Morgan fingerprint density at radius 2 is 1.94 bits per heavy atom. The van der Waals surface area contributed by atoms with Crippen LogP contribution in [0.2, 0.25) is 0 Å². The Hall–Kier alpha value is -0.450. The standard InChI is InChI=1S/C13H27NO3/c1-2-3-6-9-14-11-13(17)12(16)8-5-4-7-10-15/h12,14-16H,2-11H2,1H3. The normalized spacial score (nSPS) is 12.6. The number of Topliss-reactive ketones (excluding diaryl/α,β-unsaturated/α-hetero) is 1. The van der Waals surface area contributed by atoms with Gasteiger partial charge in [-0.2, -0.15) is 0 Å². The number of hydrogen-bond acceptors (Lipinski definition) is 4. The number of carbonyl (C=O) groups is 1.